The number of aryl methyl sites for hydroxylation is 1. The number of rotatable bonds is 5. The molecule has 2 atom stereocenters. The van der Waals surface area contributed by atoms with E-state index in [0.717, 1.165) is 40.6 Å². The molecule has 0 spiro atoms. The smallest absolute Gasteiger partial charge is 0.344 e. The molecule has 5 nitrogen and oxygen atoms in total. The van der Waals surface area contributed by atoms with Crippen molar-refractivity contribution in [1.82, 2.24) is 0 Å². The van der Waals surface area contributed by atoms with Gasteiger partial charge in [-0.15, -0.1) is 0 Å². The Kier molecular flexibility index (Phi) is 5.13. The van der Waals surface area contributed by atoms with E-state index in [9.17, 15) is 4.79 Å². The van der Waals surface area contributed by atoms with Gasteiger partial charge < -0.3 is 19.2 Å². The molecule has 0 bridgehead atoms. The summed E-state index contributed by atoms with van der Waals surface area (Å²) >= 11 is 0. The Hall–Kier alpha value is -2.37. The zero-order valence-corrected chi connectivity index (χ0v) is 17.8. The highest BCUT2D eigenvalue weighted by atomic mass is 16.7. The van der Waals surface area contributed by atoms with Crippen LogP contribution in [-0.4, -0.2) is 25.5 Å². The molecule has 1 aliphatic carbocycles. The first-order valence-corrected chi connectivity index (χ1v) is 10.2. The molecule has 0 saturated heterocycles. The normalized spacial score (nSPS) is 22.9. The summed E-state index contributed by atoms with van der Waals surface area (Å²) in [5.41, 5.74) is 3.52. The van der Waals surface area contributed by atoms with Crippen LogP contribution in [0.3, 0.4) is 0 Å². The Bertz CT molecular complexity index is 1060. The number of methoxy groups -OCH3 is 1. The Morgan fingerprint density at radius 2 is 2.07 bits per heavy atom. The predicted molar refractivity (Wildman–Crippen MR) is 117 cm³/mol. The Labute approximate surface area is 171 Å². The highest BCUT2D eigenvalue weighted by molar-refractivity contribution is 6.03. The van der Waals surface area contributed by atoms with Gasteiger partial charge in [-0.3, -0.25) is 0 Å². The molecule has 5 heteroatoms. The summed E-state index contributed by atoms with van der Waals surface area (Å²) < 4.78 is 16.4. The van der Waals surface area contributed by atoms with Crippen molar-refractivity contribution < 1.29 is 13.9 Å². The summed E-state index contributed by atoms with van der Waals surface area (Å²) in [7, 11) is 1.64. The maximum absolute atomic E-state index is 12.8. The summed E-state index contributed by atoms with van der Waals surface area (Å²) in [4.78, 5) is 12.8. The number of ether oxygens (including phenoxy) is 2. The van der Waals surface area contributed by atoms with Gasteiger partial charge in [-0.1, -0.05) is 24.3 Å². The van der Waals surface area contributed by atoms with E-state index in [1.54, 1.807) is 7.11 Å². The molecular weight excluding hydrogens is 366 g/mol. The van der Waals surface area contributed by atoms with Gasteiger partial charge in [-0.2, -0.15) is 0 Å². The maximum atomic E-state index is 12.8. The summed E-state index contributed by atoms with van der Waals surface area (Å²) in [5, 5.41) is 5.08. The Morgan fingerprint density at radius 3 is 2.76 bits per heavy atom. The minimum Gasteiger partial charge on any atom is -0.427 e. The third-order valence-corrected chi connectivity index (χ3v) is 5.93. The highest BCUT2D eigenvalue weighted by Crippen LogP contribution is 2.39. The van der Waals surface area contributed by atoms with Crippen molar-refractivity contribution in [1.29, 1.82) is 0 Å². The Balaban J connectivity index is 1.78. The standard InChI is InChI=1S/C24H29NO4/c1-14-12-24(3,4)25-19-10-9-18-17(15(2)29-23(26)22(18)21(14)19)8-6-16-7-11-20(16)28-13-27-5/h6,8-10,12,16,20,25H,7,11,13H2,1-5H3/b8-6-. The molecule has 154 valence electrons. The second-order valence-corrected chi connectivity index (χ2v) is 8.66. The molecular formula is C24H29NO4. The lowest BCUT2D eigenvalue weighted by Gasteiger charge is -2.34. The molecule has 0 amide bonds. The van der Waals surface area contributed by atoms with Gasteiger partial charge in [-0.25, -0.2) is 4.79 Å². The fraction of sp³-hybridized carbons (Fsp3) is 0.458. The van der Waals surface area contributed by atoms with Crippen LogP contribution >= 0.6 is 0 Å². The number of anilines is 1. The fourth-order valence-corrected chi connectivity index (χ4v) is 4.49. The molecule has 0 radical (unpaired) electrons. The van der Waals surface area contributed by atoms with Crippen molar-refractivity contribution in [3.05, 3.63) is 51.6 Å². The average Bonchev–Trinajstić information content (AvgIpc) is 2.62. The lowest BCUT2D eigenvalue weighted by molar-refractivity contribution is -0.114. The van der Waals surface area contributed by atoms with E-state index in [4.69, 9.17) is 13.9 Å². The van der Waals surface area contributed by atoms with E-state index >= 15 is 0 Å². The topological polar surface area (TPSA) is 60.7 Å². The molecule has 1 fully saturated rings. The largest absolute Gasteiger partial charge is 0.427 e. The van der Waals surface area contributed by atoms with E-state index in [1.807, 2.05) is 13.0 Å². The van der Waals surface area contributed by atoms with E-state index in [2.05, 4.69) is 50.4 Å². The first-order valence-electron chi connectivity index (χ1n) is 10.2. The molecule has 1 aromatic heterocycles. The third-order valence-electron chi connectivity index (χ3n) is 5.93. The van der Waals surface area contributed by atoms with Crippen LogP contribution in [-0.2, 0) is 9.47 Å². The molecule has 1 saturated carbocycles. The summed E-state index contributed by atoms with van der Waals surface area (Å²) in [6.07, 6.45) is 8.75. The molecule has 1 N–H and O–H groups in total. The van der Waals surface area contributed by atoms with Crippen molar-refractivity contribution in [2.24, 2.45) is 5.92 Å². The van der Waals surface area contributed by atoms with E-state index in [-0.39, 0.29) is 17.3 Å². The zero-order valence-electron chi connectivity index (χ0n) is 17.8. The van der Waals surface area contributed by atoms with Gasteiger partial charge in [0.1, 0.15) is 12.6 Å². The minimum absolute atomic E-state index is 0.153. The van der Waals surface area contributed by atoms with Crippen LogP contribution in [0.25, 0.3) is 22.4 Å². The van der Waals surface area contributed by atoms with Crippen molar-refractivity contribution >= 4 is 28.1 Å². The van der Waals surface area contributed by atoms with Crippen molar-refractivity contribution in [3.8, 4) is 0 Å². The molecule has 1 aliphatic heterocycles. The second kappa shape index (κ2) is 7.47. The van der Waals surface area contributed by atoms with Gasteiger partial charge in [0.15, 0.2) is 0 Å². The average molecular weight is 395 g/mol. The first kappa shape index (κ1) is 19.9. The third kappa shape index (κ3) is 3.65. The molecule has 2 unspecified atom stereocenters. The molecule has 4 rings (SSSR count). The van der Waals surface area contributed by atoms with Crippen LogP contribution in [0.1, 0.15) is 50.5 Å². The van der Waals surface area contributed by atoms with E-state index in [1.165, 1.54) is 0 Å². The van der Waals surface area contributed by atoms with Crippen molar-refractivity contribution in [2.75, 3.05) is 19.2 Å². The predicted octanol–water partition coefficient (Wildman–Crippen LogP) is 5.12. The number of fused-ring (bicyclic) bond motifs is 3. The van der Waals surface area contributed by atoms with Crippen molar-refractivity contribution in [2.45, 2.75) is 52.2 Å². The molecule has 2 aromatic rings. The highest BCUT2D eigenvalue weighted by Gasteiger charge is 2.30. The number of hydrogen-bond acceptors (Lipinski definition) is 5. The number of nitrogens with one attached hydrogen (secondary N) is 1. The van der Waals surface area contributed by atoms with Gasteiger partial charge in [0.25, 0.3) is 0 Å². The monoisotopic (exact) mass is 395 g/mol. The van der Waals surface area contributed by atoms with E-state index < -0.39 is 0 Å². The van der Waals surface area contributed by atoms with Crippen LogP contribution in [0.2, 0.25) is 0 Å². The Morgan fingerprint density at radius 1 is 1.28 bits per heavy atom. The molecule has 2 heterocycles. The zero-order chi connectivity index (χ0) is 20.8. The first-order chi connectivity index (χ1) is 13.8. The van der Waals surface area contributed by atoms with Gasteiger partial charge in [-0.05, 0) is 52.2 Å². The second-order valence-electron chi connectivity index (χ2n) is 8.66. The quantitative estimate of drug-likeness (QED) is 0.712. The van der Waals surface area contributed by atoms with Gasteiger partial charge >= 0.3 is 5.63 Å². The van der Waals surface area contributed by atoms with Gasteiger partial charge in [0.2, 0.25) is 0 Å². The summed E-state index contributed by atoms with van der Waals surface area (Å²) in [6, 6.07) is 4.10. The lowest BCUT2D eigenvalue weighted by atomic mass is 9.81. The van der Waals surface area contributed by atoms with Crippen LogP contribution < -0.4 is 10.9 Å². The van der Waals surface area contributed by atoms with E-state index in [0.29, 0.717) is 23.9 Å². The molecule has 2 aliphatic rings. The van der Waals surface area contributed by atoms with Crippen LogP contribution in [0.15, 0.2) is 33.5 Å². The van der Waals surface area contributed by atoms with Crippen molar-refractivity contribution in [3.63, 3.8) is 0 Å². The van der Waals surface area contributed by atoms with Gasteiger partial charge in [0, 0.05) is 35.2 Å². The SMILES string of the molecule is COCOC1CCC1/C=C\c1c(C)oc(=O)c2c3c(ccc12)NC(C)(C)C=C3C. The van der Waals surface area contributed by atoms with Crippen LogP contribution in [0, 0.1) is 12.8 Å². The maximum Gasteiger partial charge on any atom is 0.344 e. The molecule has 29 heavy (non-hydrogen) atoms. The van der Waals surface area contributed by atoms with Gasteiger partial charge in [0.05, 0.1) is 17.0 Å². The lowest BCUT2D eigenvalue weighted by Crippen LogP contribution is -2.33. The number of allylic oxidation sites excluding steroid dienone is 1. The fourth-order valence-electron chi connectivity index (χ4n) is 4.49. The number of hydrogen-bond donors (Lipinski definition) is 1. The minimum atomic E-state index is -0.286. The molecule has 1 aromatic carbocycles. The summed E-state index contributed by atoms with van der Waals surface area (Å²) in [5.74, 6) is 0.992. The van der Waals surface area contributed by atoms with Crippen LogP contribution in [0.4, 0.5) is 5.69 Å². The number of benzene rings is 1. The van der Waals surface area contributed by atoms with Crippen LogP contribution in [0.5, 0.6) is 0 Å². The summed E-state index contributed by atoms with van der Waals surface area (Å²) in [6.45, 7) is 8.47.